The standard InChI is InChI=1S/C27H30N6O/c1-32(2)15-16-33(3)22-13-11-21(12-14-22)31-27-29-17-20(18-30-27)25(26(28)34)24-10-6-8-19-7-4-5-9-23(19)24/h4-14,17-18,25H,15-16H2,1-3H3,(H2,28,34)(H,29,30,31). The molecule has 0 saturated carbocycles. The van der Waals surface area contributed by atoms with E-state index >= 15 is 0 Å². The van der Waals surface area contributed by atoms with E-state index in [0.29, 0.717) is 11.5 Å². The predicted molar refractivity (Wildman–Crippen MR) is 139 cm³/mol. The van der Waals surface area contributed by atoms with Crippen molar-refractivity contribution in [1.82, 2.24) is 14.9 Å². The van der Waals surface area contributed by atoms with E-state index in [1.807, 2.05) is 54.6 Å². The molecule has 1 aromatic heterocycles. The number of anilines is 3. The Kier molecular flexibility index (Phi) is 7.04. The minimum absolute atomic E-state index is 0.436. The molecule has 7 heteroatoms. The molecule has 0 bridgehead atoms. The Morgan fingerprint density at radius 2 is 1.59 bits per heavy atom. The summed E-state index contributed by atoms with van der Waals surface area (Å²) >= 11 is 0. The number of hydrogen-bond acceptors (Lipinski definition) is 6. The summed E-state index contributed by atoms with van der Waals surface area (Å²) in [4.78, 5) is 25.7. The highest BCUT2D eigenvalue weighted by molar-refractivity contribution is 5.94. The molecule has 1 atom stereocenters. The van der Waals surface area contributed by atoms with Crippen LogP contribution in [0.1, 0.15) is 17.0 Å². The largest absolute Gasteiger partial charge is 0.373 e. The maximum atomic E-state index is 12.4. The first-order chi connectivity index (χ1) is 16.4. The summed E-state index contributed by atoms with van der Waals surface area (Å²) in [5.41, 5.74) is 9.35. The highest BCUT2D eigenvalue weighted by atomic mass is 16.1. The number of rotatable bonds is 9. The van der Waals surface area contributed by atoms with E-state index in [1.54, 1.807) is 12.4 Å². The van der Waals surface area contributed by atoms with Gasteiger partial charge in [-0.05, 0) is 54.7 Å². The number of likely N-dealkylation sites (N-methyl/N-ethyl adjacent to an activating group) is 2. The van der Waals surface area contributed by atoms with Crippen LogP contribution in [-0.2, 0) is 4.79 Å². The number of benzene rings is 3. The number of carbonyl (C=O) groups excluding carboxylic acids is 1. The Morgan fingerprint density at radius 1 is 0.912 bits per heavy atom. The third-order valence-electron chi connectivity index (χ3n) is 5.87. The van der Waals surface area contributed by atoms with Crippen molar-refractivity contribution in [3.63, 3.8) is 0 Å². The lowest BCUT2D eigenvalue weighted by molar-refractivity contribution is -0.118. The van der Waals surface area contributed by atoms with Gasteiger partial charge in [0, 0.05) is 49.5 Å². The molecule has 0 spiro atoms. The number of aromatic nitrogens is 2. The first-order valence-corrected chi connectivity index (χ1v) is 11.2. The molecular formula is C27H30N6O. The first-order valence-electron chi connectivity index (χ1n) is 11.2. The fourth-order valence-corrected chi connectivity index (χ4v) is 3.96. The SMILES string of the molecule is CN(C)CCN(C)c1ccc(Nc2ncc(C(C(N)=O)c3cccc4ccccc34)cn2)cc1. The minimum Gasteiger partial charge on any atom is -0.373 e. The number of nitrogens with two attached hydrogens (primary N) is 1. The van der Waals surface area contributed by atoms with Crippen molar-refractivity contribution < 1.29 is 4.79 Å². The third kappa shape index (κ3) is 5.32. The number of hydrogen-bond donors (Lipinski definition) is 2. The normalized spacial score (nSPS) is 12.0. The van der Waals surface area contributed by atoms with Gasteiger partial charge in [-0.25, -0.2) is 9.97 Å². The quantitative estimate of drug-likeness (QED) is 0.398. The van der Waals surface area contributed by atoms with E-state index < -0.39 is 11.8 Å². The van der Waals surface area contributed by atoms with Crippen LogP contribution in [-0.4, -0.2) is 55.0 Å². The Hall–Kier alpha value is -3.97. The second kappa shape index (κ2) is 10.3. The van der Waals surface area contributed by atoms with Crippen molar-refractivity contribution in [3.05, 3.63) is 90.3 Å². The summed E-state index contributed by atoms with van der Waals surface area (Å²) in [6.07, 6.45) is 3.33. The summed E-state index contributed by atoms with van der Waals surface area (Å²) in [6, 6.07) is 22.0. The predicted octanol–water partition coefficient (Wildman–Crippen LogP) is 3.99. The summed E-state index contributed by atoms with van der Waals surface area (Å²) < 4.78 is 0. The molecule has 0 aliphatic rings. The van der Waals surface area contributed by atoms with Crippen LogP contribution < -0.4 is 16.0 Å². The van der Waals surface area contributed by atoms with Crippen LogP contribution in [0, 0.1) is 0 Å². The van der Waals surface area contributed by atoms with Crippen LogP contribution in [0.5, 0.6) is 0 Å². The Labute approximate surface area is 200 Å². The van der Waals surface area contributed by atoms with Gasteiger partial charge in [0.1, 0.15) is 0 Å². The fourth-order valence-electron chi connectivity index (χ4n) is 3.96. The molecule has 0 aliphatic carbocycles. The number of carbonyl (C=O) groups is 1. The number of primary amides is 1. The van der Waals surface area contributed by atoms with Gasteiger partial charge in [-0.15, -0.1) is 0 Å². The van der Waals surface area contributed by atoms with Crippen molar-refractivity contribution in [3.8, 4) is 0 Å². The molecule has 174 valence electrons. The Morgan fingerprint density at radius 3 is 2.26 bits per heavy atom. The highest BCUT2D eigenvalue weighted by Gasteiger charge is 2.23. The molecule has 4 rings (SSSR count). The van der Waals surface area contributed by atoms with Gasteiger partial charge >= 0.3 is 0 Å². The van der Waals surface area contributed by atoms with E-state index in [-0.39, 0.29) is 0 Å². The Bertz CT molecular complexity index is 1250. The zero-order chi connectivity index (χ0) is 24.1. The molecule has 4 aromatic rings. The smallest absolute Gasteiger partial charge is 0.229 e. The molecule has 0 saturated heterocycles. The number of fused-ring (bicyclic) bond motifs is 1. The summed E-state index contributed by atoms with van der Waals surface area (Å²) in [7, 11) is 6.22. The van der Waals surface area contributed by atoms with E-state index in [0.717, 1.165) is 40.8 Å². The topological polar surface area (TPSA) is 87.4 Å². The van der Waals surface area contributed by atoms with Gasteiger partial charge in [-0.1, -0.05) is 42.5 Å². The molecular weight excluding hydrogens is 424 g/mol. The Balaban J connectivity index is 1.50. The average Bonchev–Trinajstić information content (AvgIpc) is 2.84. The van der Waals surface area contributed by atoms with Gasteiger partial charge in [0.25, 0.3) is 0 Å². The molecule has 0 fully saturated rings. The lowest BCUT2D eigenvalue weighted by Crippen LogP contribution is -2.28. The van der Waals surface area contributed by atoms with Crippen molar-refractivity contribution in [2.45, 2.75) is 5.92 Å². The van der Waals surface area contributed by atoms with E-state index in [9.17, 15) is 4.79 Å². The molecule has 1 unspecified atom stereocenters. The van der Waals surface area contributed by atoms with Gasteiger partial charge in [0.05, 0.1) is 5.92 Å². The lowest BCUT2D eigenvalue weighted by atomic mass is 9.89. The molecule has 7 nitrogen and oxygen atoms in total. The van der Waals surface area contributed by atoms with Crippen LogP contribution >= 0.6 is 0 Å². The maximum absolute atomic E-state index is 12.4. The number of amides is 1. The van der Waals surface area contributed by atoms with Crippen molar-refractivity contribution in [2.24, 2.45) is 5.73 Å². The number of nitrogens with zero attached hydrogens (tertiary/aromatic N) is 4. The van der Waals surface area contributed by atoms with E-state index in [2.05, 4.69) is 58.4 Å². The van der Waals surface area contributed by atoms with Crippen LogP contribution in [0.25, 0.3) is 10.8 Å². The lowest BCUT2D eigenvalue weighted by Gasteiger charge is -2.21. The molecule has 3 aromatic carbocycles. The van der Waals surface area contributed by atoms with Gasteiger partial charge in [-0.2, -0.15) is 0 Å². The van der Waals surface area contributed by atoms with Crippen LogP contribution in [0.2, 0.25) is 0 Å². The molecule has 1 amide bonds. The highest BCUT2D eigenvalue weighted by Crippen LogP contribution is 2.30. The monoisotopic (exact) mass is 454 g/mol. The van der Waals surface area contributed by atoms with Crippen LogP contribution in [0.15, 0.2) is 79.1 Å². The molecule has 0 aliphatic heterocycles. The minimum atomic E-state index is -0.628. The average molecular weight is 455 g/mol. The van der Waals surface area contributed by atoms with Crippen LogP contribution in [0.4, 0.5) is 17.3 Å². The zero-order valence-corrected chi connectivity index (χ0v) is 19.8. The summed E-state index contributed by atoms with van der Waals surface area (Å²) in [6.45, 7) is 1.93. The van der Waals surface area contributed by atoms with E-state index in [4.69, 9.17) is 5.73 Å². The van der Waals surface area contributed by atoms with E-state index in [1.165, 1.54) is 0 Å². The van der Waals surface area contributed by atoms with Crippen molar-refractivity contribution >= 4 is 34.0 Å². The molecule has 0 radical (unpaired) electrons. The second-order valence-electron chi connectivity index (χ2n) is 8.64. The summed E-state index contributed by atoms with van der Waals surface area (Å²) in [5.74, 6) is -0.606. The van der Waals surface area contributed by atoms with Crippen molar-refractivity contribution in [2.75, 3.05) is 44.4 Å². The zero-order valence-electron chi connectivity index (χ0n) is 19.8. The summed E-state index contributed by atoms with van der Waals surface area (Å²) in [5, 5.41) is 5.27. The molecule has 34 heavy (non-hydrogen) atoms. The fraction of sp³-hybridized carbons (Fsp3) is 0.222. The van der Waals surface area contributed by atoms with Gasteiger partial charge in [0.15, 0.2) is 0 Å². The molecule has 3 N–H and O–H groups in total. The van der Waals surface area contributed by atoms with Crippen molar-refractivity contribution in [1.29, 1.82) is 0 Å². The van der Waals surface area contributed by atoms with Crippen LogP contribution in [0.3, 0.4) is 0 Å². The number of nitrogens with one attached hydrogen (secondary N) is 1. The van der Waals surface area contributed by atoms with Gasteiger partial charge < -0.3 is 20.9 Å². The van der Waals surface area contributed by atoms with Gasteiger partial charge in [0.2, 0.25) is 11.9 Å². The molecule has 1 heterocycles. The first kappa shape index (κ1) is 23.2. The second-order valence-corrected chi connectivity index (χ2v) is 8.64. The third-order valence-corrected chi connectivity index (χ3v) is 5.87. The van der Waals surface area contributed by atoms with Gasteiger partial charge in [-0.3, -0.25) is 4.79 Å². The maximum Gasteiger partial charge on any atom is 0.229 e.